The molecule has 0 amide bonds. The largest absolute Gasteiger partial charge is 0.330 e. The number of rotatable bonds is 4. The summed E-state index contributed by atoms with van der Waals surface area (Å²) in [5.41, 5.74) is 0.971. The van der Waals surface area contributed by atoms with Crippen molar-refractivity contribution in [1.29, 1.82) is 0 Å². The highest BCUT2D eigenvalue weighted by atomic mass is 19.2. The highest BCUT2D eigenvalue weighted by Gasteiger charge is 2.08. The molecule has 0 N–H and O–H groups in total. The van der Waals surface area contributed by atoms with E-state index in [4.69, 9.17) is 0 Å². The number of benzene rings is 1. The van der Waals surface area contributed by atoms with Gasteiger partial charge in [-0.3, -0.25) is 0 Å². The molecule has 17 heavy (non-hydrogen) atoms. The first-order chi connectivity index (χ1) is 8.08. The van der Waals surface area contributed by atoms with Crippen molar-refractivity contribution in [3.05, 3.63) is 30.1 Å². The molecule has 0 aliphatic heterocycles. The van der Waals surface area contributed by atoms with Crippen molar-refractivity contribution in [2.45, 2.75) is 26.3 Å². The van der Waals surface area contributed by atoms with Gasteiger partial charge in [0.1, 0.15) is 5.78 Å². The zero-order chi connectivity index (χ0) is 12.4. The molecule has 0 unspecified atom stereocenters. The van der Waals surface area contributed by atoms with E-state index in [1.807, 2.05) is 0 Å². The van der Waals surface area contributed by atoms with Crippen LogP contribution in [0.5, 0.6) is 0 Å². The number of hydrogen-bond acceptors (Lipinski definition) is 2. The first-order valence-corrected chi connectivity index (χ1v) is 5.37. The number of aryl methyl sites for hydroxylation is 1. The normalized spacial score (nSPS) is 11.0. The molecule has 3 nitrogen and oxygen atoms in total. The van der Waals surface area contributed by atoms with Gasteiger partial charge in [-0.1, -0.05) is 0 Å². The second-order valence-electron chi connectivity index (χ2n) is 4.00. The van der Waals surface area contributed by atoms with E-state index in [0.717, 1.165) is 12.1 Å². The third-order valence-corrected chi connectivity index (χ3v) is 2.59. The van der Waals surface area contributed by atoms with Crippen LogP contribution in [0.25, 0.3) is 11.0 Å². The lowest BCUT2D eigenvalue weighted by molar-refractivity contribution is -0.117. The molecule has 0 radical (unpaired) electrons. The molecule has 0 atom stereocenters. The highest BCUT2D eigenvalue weighted by molar-refractivity contribution is 5.76. The van der Waals surface area contributed by atoms with Gasteiger partial charge in [0.05, 0.1) is 17.4 Å². The smallest absolute Gasteiger partial charge is 0.161 e. The molecular formula is C12H12F2N2O. The third kappa shape index (κ3) is 2.49. The van der Waals surface area contributed by atoms with Crippen LogP contribution in [-0.4, -0.2) is 15.3 Å². The Labute approximate surface area is 97.1 Å². The molecule has 0 saturated heterocycles. The average molecular weight is 238 g/mol. The third-order valence-electron chi connectivity index (χ3n) is 2.59. The maximum absolute atomic E-state index is 13.1. The van der Waals surface area contributed by atoms with Crippen LogP contribution in [-0.2, 0) is 11.3 Å². The molecule has 0 saturated carbocycles. The Bertz CT molecular complexity index is 563. The van der Waals surface area contributed by atoms with E-state index in [1.165, 1.54) is 13.3 Å². The maximum Gasteiger partial charge on any atom is 0.161 e. The highest BCUT2D eigenvalue weighted by Crippen LogP contribution is 2.17. The number of ketones is 1. The summed E-state index contributed by atoms with van der Waals surface area (Å²) in [6, 6.07) is 2.21. The number of imidazole rings is 1. The van der Waals surface area contributed by atoms with Gasteiger partial charge < -0.3 is 9.36 Å². The Balaban J connectivity index is 2.23. The first kappa shape index (κ1) is 11.7. The van der Waals surface area contributed by atoms with E-state index in [1.54, 1.807) is 4.57 Å². The molecule has 1 heterocycles. The summed E-state index contributed by atoms with van der Waals surface area (Å²) in [5.74, 6) is -1.66. The molecule has 2 aromatic rings. The summed E-state index contributed by atoms with van der Waals surface area (Å²) in [6.45, 7) is 2.10. The summed E-state index contributed by atoms with van der Waals surface area (Å²) in [5, 5.41) is 0. The summed E-state index contributed by atoms with van der Waals surface area (Å²) >= 11 is 0. The van der Waals surface area contributed by atoms with Crippen LogP contribution >= 0.6 is 0 Å². The molecular weight excluding hydrogens is 226 g/mol. The van der Waals surface area contributed by atoms with Crippen molar-refractivity contribution in [3.8, 4) is 0 Å². The van der Waals surface area contributed by atoms with E-state index in [2.05, 4.69) is 4.98 Å². The molecule has 0 fully saturated rings. The number of halogens is 2. The standard InChI is InChI=1S/C12H12F2N2O/c1-8(17)3-2-4-16-7-15-11-5-9(13)10(14)6-12(11)16/h5-7H,2-4H2,1H3. The summed E-state index contributed by atoms with van der Waals surface area (Å²) in [6.07, 6.45) is 2.67. The SMILES string of the molecule is CC(=O)CCCn1cnc2cc(F)c(F)cc21. The Kier molecular flexibility index (Phi) is 3.17. The van der Waals surface area contributed by atoms with Gasteiger partial charge >= 0.3 is 0 Å². The molecule has 0 bridgehead atoms. The van der Waals surface area contributed by atoms with Crippen molar-refractivity contribution in [2.75, 3.05) is 0 Å². The van der Waals surface area contributed by atoms with Gasteiger partial charge in [-0.15, -0.1) is 0 Å². The van der Waals surface area contributed by atoms with Gasteiger partial charge in [-0.2, -0.15) is 0 Å². The number of nitrogens with zero attached hydrogens (tertiary/aromatic N) is 2. The van der Waals surface area contributed by atoms with Crippen molar-refractivity contribution >= 4 is 16.8 Å². The lowest BCUT2D eigenvalue weighted by Gasteiger charge is -2.03. The molecule has 90 valence electrons. The van der Waals surface area contributed by atoms with Crippen LogP contribution in [0.1, 0.15) is 19.8 Å². The lowest BCUT2D eigenvalue weighted by atomic mass is 10.2. The van der Waals surface area contributed by atoms with Gasteiger partial charge in [0, 0.05) is 25.1 Å². The monoisotopic (exact) mass is 238 g/mol. The van der Waals surface area contributed by atoms with E-state index in [0.29, 0.717) is 30.4 Å². The zero-order valence-electron chi connectivity index (χ0n) is 9.41. The number of carbonyl (C=O) groups is 1. The van der Waals surface area contributed by atoms with Crippen molar-refractivity contribution in [2.24, 2.45) is 0 Å². The molecule has 5 heteroatoms. The predicted molar refractivity (Wildman–Crippen MR) is 59.6 cm³/mol. The van der Waals surface area contributed by atoms with Crippen molar-refractivity contribution in [1.82, 2.24) is 9.55 Å². The van der Waals surface area contributed by atoms with Crippen LogP contribution in [0.3, 0.4) is 0 Å². The minimum Gasteiger partial charge on any atom is -0.330 e. The summed E-state index contributed by atoms with van der Waals surface area (Å²) < 4.78 is 27.8. The number of fused-ring (bicyclic) bond motifs is 1. The number of hydrogen-bond donors (Lipinski definition) is 0. The van der Waals surface area contributed by atoms with E-state index >= 15 is 0 Å². The Morgan fingerprint density at radius 1 is 1.35 bits per heavy atom. The lowest BCUT2D eigenvalue weighted by Crippen LogP contribution is -1.99. The van der Waals surface area contributed by atoms with Gasteiger partial charge in [-0.25, -0.2) is 13.8 Å². The van der Waals surface area contributed by atoms with Crippen molar-refractivity contribution < 1.29 is 13.6 Å². The second-order valence-corrected chi connectivity index (χ2v) is 4.00. The van der Waals surface area contributed by atoms with Crippen LogP contribution in [0.4, 0.5) is 8.78 Å². The molecule has 0 aliphatic rings. The first-order valence-electron chi connectivity index (χ1n) is 5.37. The van der Waals surface area contributed by atoms with E-state index in [9.17, 15) is 13.6 Å². The van der Waals surface area contributed by atoms with Crippen molar-refractivity contribution in [3.63, 3.8) is 0 Å². The fourth-order valence-electron chi connectivity index (χ4n) is 1.73. The van der Waals surface area contributed by atoms with Gasteiger partial charge in [0.2, 0.25) is 0 Å². The van der Waals surface area contributed by atoms with Gasteiger partial charge in [0.15, 0.2) is 11.6 Å². The Hall–Kier alpha value is -1.78. The van der Waals surface area contributed by atoms with Crippen LogP contribution in [0.2, 0.25) is 0 Å². The molecule has 0 aliphatic carbocycles. The molecule has 2 rings (SSSR count). The zero-order valence-corrected chi connectivity index (χ0v) is 9.41. The van der Waals surface area contributed by atoms with Crippen LogP contribution < -0.4 is 0 Å². The quantitative estimate of drug-likeness (QED) is 0.820. The van der Waals surface area contributed by atoms with E-state index < -0.39 is 11.6 Å². The average Bonchev–Trinajstić information content (AvgIpc) is 2.62. The second kappa shape index (κ2) is 4.61. The predicted octanol–water partition coefficient (Wildman–Crippen LogP) is 2.68. The van der Waals surface area contributed by atoms with Crippen LogP contribution in [0, 0.1) is 11.6 Å². The minimum absolute atomic E-state index is 0.117. The number of aromatic nitrogens is 2. The van der Waals surface area contributed by atoms with E-state index in [-0.39, 0.29) is 5.78 Å². The van der Waals surface area contributed by atoms with Gasteiger partial charge in [-0.05, 0) is 13.3 Å². The Morgan fingerprint density at radius 2 is 2.06 bits per heavy atom. The topological polar surface area (TPSA) is 34.9 Å². The molecule has 0 spiro atoms. The van der Waals surface area contributed by atoms with Crippen LogP contribution in [0.15, 0.2) is 18.5 Å². The van der Waals surface area contributed by atoms with Gasteiger partial charge in [0.25, 0.3) is 0 Å². The molecule has 1 aromatic carbocycles. The number of carbonyl (C=O) groups excluding carboxylic acids is 1. The minimum atomic E-state index is -0.897. The maximum atomic E-state index is 13.1. The molecule has 1 aromatic heterocycles. The summed E-state index contributed by atoms with van der Waals surface area (Å²) in [4.78, 5) is 14.8. The fraction of sp³-hybridized carbons (Fsp3) is 0.333. The number of Topliss-reactive ketones (excluding diaryl/α,β-unsaturated/α-hetero) is 1. The summed E-state index contributed by atoms with van der Waals surface area (Å²) in [7, 11) is 0. The fourth-order valence-corrected chi connectivity index (χ4v) is 1.73. The Morgan fingerprint density at radius 3 is 2.76 bits per heavy atom.